The van der Waals surface area contributed by atoms with Gasteiger partial charge in [0.25, 0.3) is 5.91 Å². The lowest BCUT2D eigenvalue weighted by atomic mass is 9.98. The van der Waals surface area contributed by atoms with Crippen LogP contribution in [0.5, 0.6) is 0 Å². The normalized spacial score (nSPS) is 12.3. The van der Waals surface area contributed by atoms with E-state index in [1.54, 1.807) is 23.5 Å². The number of nitrogens with one attached hydrogen (secondary N) is 1. The van der Waals surface area contributed by atoms with Gasteiger partial charge >= 0.3 is 0 Å². The molecule has 0 radical (unpaired) electrons. The van der Waals surface area contributed by atoms with Crippen molar-refractivity contribution in [1.82, 2.24) is 5.32 Å². The standard InChI is InChI=1S/C19H19NO2S/c1-13(2)14-7-9-15(10-8-14)18(17-6-4-12-23-17)20-19(21)16-5-3-11-22-16/h3-13,18H,1-2H3,(H,20,21). The molecule has 1 N–H and O–H groups in total. The second kappa shape index (κ2) is 6.84. The van der Waals surface area contributed by atoms with Crippen LogP contribution in [0, 0.1) is 0 Å². The van der Waals surface area contributed by atoms with E-state index < -0.39 is 0 Å². The Balaban J connectivity index is 1.88. The molecule has 2 heterocycles. The molecule has 0 saturated heterocycles. The van der Waals surface area contributed by atoms with E-state index in [2.05, 4.69) is 43.4 Å². The minimum Gasteiger partial charge on any atom is -0.459 e. The van der Waals surface area contributed by atoms with Crippen molar-refractivity contribution in [1.29, 1.82) is 0 Å². The highest BCUT2D eigenvalue weighted by Gasteiger charge is 2.20. The van der Waals surface area contributed by atoms with E-state index in [-0.39, 0.29) is 11.9 Å². The van der Waals surface area contributed by atoms with Crippen LogP contribution in [-0.4, -0.2) is 5.91 Å². The quantitative estimate of drug-likeness (QED) is 0.718. The lowest BCUT2D eigenvalue weighted by Gasteiger charge is -2.18. The highest BCUT2D eigenvalue weighted by molar-refractivity contribution is 7.10. The molecule has 0 bridgehead atoms. The van der Waals surface area contributed by atoms with Crippen molar-refractivity contribution in [2.75, 3.05) is 0 Å². The van der Waals surface area contributed by atoms with Crippen LogP contribution in [0.25, 0.3) is 0 Å². The predicted octanol–water partition coefficient (Wildman–Crippen LogP) is 4.98. The third kappa shape index (κ3) is 3.54. The first-order valence-corrected chi connectivity index (χ1v) is 8.50. The molecular weight excluding hydrogens is 306 g/mol. The third-order valence-corrected chi connectivity index (χ3v) is 4.72. The summed E-state index contributed by atoms with van der Waals surface area (Å²) in [5, 5.41) is 5.08. The summed E-state index contributed by atoms with van der Waals surface area (Å²) in [6, 6.07) is 15.7. The monoisotopic (exact) mass is 325 g/mol. The van der Waals surface area contributed by atoms with E-state index in [1.807, 2.05) is 17.5 Å². The smallest absolute Gasteiger partial charge is 0.287 e. The first-order chi connectivity index (χ1) is 11.1. The van der Waals surface area contributed by atoms with E-state index in [9.17, 15) is 4.79 Å². The molecule has 0 spiro atoms. The molecule has 0 fully saturated rings. The van der Waals surface area contributed by atoms with Crippen molar-refractivity contribution >= 4 is 17.2 Å². The average Bonchev–Trinajstić information content (AvgIpc) is 3.25. The molecule has 4 heteroatoms. The van der Waals surface area contributed by atoms with Gasteiger partial charge in [-0.3, -0.25) is 4.79 Å². The maximum absolute atomic E-state index is 12.4. The number of rotatable bonds is 5. The molecular formula is C19H19NO2S. The van der Waals surface area contributed by atoms with Crippen LogP contribution in [0.3, 0.4) is 0 Å². The van der Waals surface area contributed by atoms with E-state index in [0.717, 1.165) is 10.4 Å². The maximum atomic E-state index is 12.4. The van der Waals surface area contributed by atoms with Gasteiger partial charge in [0, 0.05) is 4.88 Å². The molecule has 1 unspecified atom stereocenters. The van der Waals surface area contributed by atoms with Gasteiger partial charge in [0.1, 0.15) is 0 Å². The molecule has 0 aliphatic heterocycles. The summed E-state index contributed by atoms with van der Waals surface area (Å²) in [6.07, 6.45) is 1.51. The first kappa shape index (κ1) is 15.6. The predicted molar refractivity (Wildman–Crippen MR) is 92.9 cm³/mol. The molecule has 1 amide bonds. The van der Waals surface area contributed by atoms with Crippen LogP contribution in [-0.2, 0) is 0 Å². The molecule has 118 valence electrons. The van der Waals surface area contributed by atoms with E-state index in [1.165, 1.54) is 11.8 Å². The summed E-state index contributed by atoms with van der Waals surface area (Å²) in [7, 11) is 0. The number of thiophene rings is 1. The fourth-order valence-electron chi connectivity index (χ4n) is 2.46. The lowest BCUT2D eigenvalue weighted by molar-refractivity contribution is 0.0915. The highest BCUT2D eigenvalue weighted by atomic mass is 32.1. The summed E-state index contributed by atoms with van der Waals surface area (Å²) in [5.41, 5.74) is 2.35. The van der Waals surface area contributed by atoms with E-state index in [4.69, 9.17) is 4.42 Å². The zero-order valence-corrected chi connectivity index (χ0v) is 14.0. The minimum atomic E-state index is -0.207. The molecule has 23 heavy (non-hydrogen) atoms. The molecule has 3 aromatic rings. The Labute approximate surface area is 140 Å². The van der Waals surface area contributed by atoms with E-state index in [0.29, 0.717) is 11.7 Å². The minimum absolute atomic E-state index is 0.172. The van der Waals surface area contributed by atoms with Crippen molar-refractivity contribution in [2.45, 2.75) is 25.8 Å². The van der Waals surface area contributed by atoms with Gasteiger partial charge in [0.15, 0.2) is 5.76 Å². The van der Waals surface area contributed by atoms with Crippen LogP contribution in [0.15, 0.2) is 64.6 Å². The SMILES string of the molecule is CC(C)c1ccc(C(NC(=O)c2ccco2)c2cccs2)cc1. The Morgan fingerprint density at radius 1 is 1.04 bits per heavy atom. The number of benzene rings is 1. The highest BCUT2D eigenvalue weighted by Crippen LogP contribution is 2.27. The van der Waals surface area contributed by atoms with Gasteiger partial charge in [0.05, 0.1) is 12.3 Å². The zero-order chi connectivity index (χ0) is 16.2. The average molecular weight is 325 g/mol. The molecule has 2 aromatic heterocycles. The maximum Gasteiger partial charge on any atom is 0.287 e. The van der Waals surface area contributed by atoms with Crippen LogP contribution < -0.4 is 5.32 Å². The second-order valence-corrected chi connectivity index (χ2v) is 6.70. The molecule has 0 aliphatic rings. The first-order valence-electron chi connectivity index (χ1n) is 7.63. The van der Waals surface area contributed by atoms with E-state index >= 15 is 0 Å². The molecule has 0 saturated carbocycles. The van der Waals surface area contributed by atoms with Crippen molar-refractivity contribution in [3.05, 3.63) is 81.9 Å². The van der Waals surface area contributed by atoms with Crippen molar-refractivity contribution < 1.29 is 9.21 Å². The Morgan fingerprint density at radius 3 is 2.35 bits per heavy atom. The molecule has 0 aliphatic carbocycles. The van der Waals surface area contributed by atoms with Gasteiger partial charge in [-0.05, 0) is 40.6 Å². The Kier molecular flexibility index (Phi) is 4.63. The topological polar surface area (TPSA) is 42.2 Å². The Morgan fingerprint density at radius 2 is 1.78 bits per heavy atom. The third-order valence-electron chi connectivity index (χ3n) is 3.78. The summed E-state index contributed by atoms with van der Waals surface area (Å²) < 4.78 is 5.19. The van der Waals surface area contributed by atoms with Crippen LogP contribution >= 0.6 is 11.3 Å². The second-order valence-electron chi connectivity index (χ2n) is 5.72. The number of carbonyl (C=O) groups is 1. The van der Waals surface area contributed by atoms with Crippen LogP contribution in [0.4, 0.5) is 0 Å². The number of carbonyl (C=O) groups excluding carboxylic acids is 1. The Bertz CT molecular complexity index is 743. The van der Waals surface area contributed by atoms with Gasteiger partial charge in [-0.25, -0.2) is 0 Å². The molecule has 1 atom stereocenters. The number of hydrogen-bond donors (Lipinski definition) is 1. The van der Waals surface area contributed by atoms with Crippen LogP contribution in [0.1, 0.15) is 52.4 Å². The molecule has 3 rings (SSSR count). The van der Waals surface area contributed by atoms with Gasteiger partial charge in [-0.1, -0.05) is 44.2 Å². The fourth-order valence-corrected chi connectivity index (χ4v) is 3.26. The van der Waals surface area contributed by atoms with Gasteiger partial charge in [0.2, 0.25) is 0 Å². The summed E-state index contributed by atoms with van der Waals surface area (Å²) in [6.45, 7) is 4.34. The van der Waals surface area contributed by atoms with Crippen molar-refractivity contribution in [3.63, 3.8) is 0 Å². The number of hydrogen-bond acceptors (Lipinski definition) is 3. The van der Waals surface area contributed by atoms with Gasteiger partial charge < -0.3 is 9.73 Å². The van der Waals surface area contributed by atoms with Gasteiger partial charge in [-0.2, -0.15) is 0 Å². The largest absolute Gasteiger partial charge is 0.459 e. The van der Waals surface area contributed by atoms with Gasteiger partial charge in [-0.15, -0.1) is 11.3 Å². The summed E-state index contributed by atoms with van der Waals surface area (Å²) in [4.78, 5) is 13.5. The lowest BCUT2D eigenvalue weighted by Crippen LogP contribution is -2.28. The van der Waals surface area contributed by atoms with Crippen LogP contribution in [0.2, 0.25) is 0 Å². The number of furan rings is 1. The zero-order valence-electron chi connectivity index (χ0n) is 13.2. The Hall–Kier alpha value is -2.33. The van der Waals surface area contributed by atoms with Crippen molar-refractivity contribution in [2.24, 2.45) is 0 Å². The van der Waals surface area contributed by atoms with Crippen molar-refractivity contribution in [3.8, 4) is 0 Å². The molecule has 1 aromatic carbocycles. The fraction of sp³-hybridized carbons (Fsp3) is 0.211. The number of amides is 1. The summed E-state index contributed by atoms with van der Waals surface area (Å²) in [5.74, 6) is 0.605. The summed E-state index contributed by atoms with van der Waals surface area (Å²) >= 11 is 1.63. The molecule has 3 nitrogen and oxygen atoms in total.